The van der Waals surface area contributed by atoms with Crippen molar-refractivity contribution in [2.24, 2.45) is 0 Å². The van der Waals surface area contributed by atoms with Gasteiger partial charge in [0, 0.05) is 24.2 Å². The van der Waals surface area contributed by atoms with Crippen LogP contribution in [0.2, 0.25) is 0 Å². The van der Waals surface area contributed by atoms with Crippen LogP contribution in [-0.4, -0.2) is 32.0 Å². The zero-order chi connectivity index (χ0) is 19.9. The lowest BCUT2D eigenvalue weighted by atomic mass is 10.1. The van der Waals surface area contributed by atoms with Gasteiger partial charge >= 0.3 is 0 Å². The monoisotopic (exact) mass is 376 g/mol. The Bertz CT molecular complexity index is 959. The standard InChI is InChI=1S/C22H20N2O4/c1-27-21-14-16(8-10-20(21)28-13-11-23)7-9-19(25)17-4-2-5-18(15-17)24-12-3-6-22(24)26/h2,4-5,7-10,14-15H,3,6,12-13H2,1H3/b9-7-. The minimum Gasteiger partial charge on any atom is -0.493 e. The third kappa shape index (κ3) is 4.38. The summed E-state index contributed by atoms with van der Waals surface area (Å²) >= 11 is 0. The van der Waals surface area contributed by atoms with Crippen molar-refractivity contribution in [2.45, 2.75) is 12.8 Å². The highest BCUT2D eigenvalue weighted by Gasteiger charge is 2.22. The Hall–Kier alpha value is -3.59. The highest BCUT2D eigenvalue weighted by molar-refractivity contribution is 6.08. The number of rotatable bonds is 7. The molecule has 0 saturated carbocycles. The summed E-state index contributed by atoms with van der Waals surface area (Å²) in [6, 6.07) is 14.2. The van der Waals surface area contributed by atoms with Crippen LogP contribution in [0.5, 0.6) is 11.5 Å². The summed E-state index contributed by atoms with van der Waals surface area (Å²) in [7, 11) is 1.51. The highest BCUT2D eigenvalue weighted by Crippen LogP contribution is 2.28. The number of amides is 1. The second-order valence-corrected chi connectivity index (χ2v) is 6.25. The molecule has 142 valence electrons. The van der Waals surface area contributed by atoms with Gasteiger partial charge in [-0.05, 0) is 42.3 Å². The number of ketones is 1. The number of allylic oxidation sites excluding steroid dienone is 1. The Morgan fingerprint density at radius 1 is 1.25 bits per heavy atom. The fourth-order valence-electron chi connectivity index (χ4n) is 3.03. The molecule has 1 saturated heterocycles. The van der Waals surface area contributed by atoms with Crippen LogP contribution in [0.15, 0.2) is 48.5 Å². The zero-order valence-electron chi connectivity index (χ0n) is 15.6. The predicted octanol–water partition coefficient (Wildman–Crippen LogP) is 3.62. The number of methoxy groups -OCH3 is 1. The van der Waals surface area contributed by atoms with Gasteiger partial charge in [0.05, 0.1) is 7.11 Å². The van der Waals surface area contributed by atoms with Gasteiger partial charge in [0.2, 0.25) is 5.91 Å². The van der Waals surface area contributed by atoms with Crippen molar-refractivity contribution in [3.8, 4) is 17.6 Å². The lowest BCUT2D eigenvalue weighted by Crippen LogP contribution is -2.23. The van der Waals surface area contributed by atoms with Crippen molar-refractivity contribution in [1.82, 2.24) is 0 Å². The van der Waals surface area contributed by atoms with Gasteiger partial charge < -0.3 is 14.4 Å². The molecule has 0 atom stereocenters. The minimum atomic E-state index is -0.155. The van der Waals surface area contributed by atoms with E-state index in [4.69, 9.17) is 14.7 Å². The number of benzene rings is 2. The van der Waals surface area contributed by atoms with Gasteiger partial charge in [0.25, 0.3) is 0 Å². The molecule has 0 N–H and O–H groups in total. The highest BCUT2D eigenvalue weighted by atomic mass is 16.5. The minimum absolute atomic E-state index is 0.0696. The molecule has 1 aliphatic heterocycles. The maximum atomic E-state index is 12.5. The second-order valence-electron chi connectivity index (χ2n) is 6.25. The van der Waals surface area contributed by atoms with Crippen molar-refractivity contribution in [3.63, 3.8) is 0 Å². The number of nitriles is 1. The van der Waals surface area contributed by atoms with E-state index in [0.29, 0.717) is 30.0 Å². The van der Waals surface area contributed by atoms with E-state index in [0.717, 1.165) is 17.7 Å². The first-order chi connectivity index (χ1) is 13.6. The molecular formula is C22H20N2O4. The van der Waals surface area contributed by atoms with E-state index in [1.54, 1.807) is 47.4 Å². The number of ether oxygens (including phenoxy) is 2. The van der Waals surface area contributed by atoms with E-state index in [1.165, 1.54) is 13.2 Å². The molecule has 2 aromatic rings. The maximum Gasteiger partial charge on any atom is 0.227 e. The molecule has 0 aromatic heterocycles. The van der Waals surface area contributed by atoms with Crippen LogP contribution in [0, 0.1) is 11.3 Å². The molecule has 3 rings (SSSR count). The summed E-state index contributed by atoms with van der Waals surface area (Å²) in [4.78, 5) is 26.2. The molecule has 0 bridgehead atoms. The molecule has 1 fully saturated rings. The molecule has 1 heterocycles. The molecule has 1 amide bonds. The fourth-order valence-corrected chi connectivity index (χ4v) is 3.03. The van der Waals surface area contributed by atoms with E-state index in [1.807, 2.05) is 12.1 Å². The molecule has 1 aliphatic rings. The van der Waals surface area contributed by atoms with Crippen LogP contribution in [0.4, 0.5) is 5.69 Å². The summed E-state index contributed by atoms with van der Waals surface area (Å²) in [5, 5.41) is 8.62. The van der Waals surface area contributed by atoms with E-state index in [-0.39, 0.29) is 18.3 Å². The van der Waals surface area contributed by atoms with Gasteiger partial charge in [-0.3, -0.25) is 9.59 Å². The lowest BCUT2D eigenvalue weighted by molar-refractivity contribution is -0.117. The van der Waals surface area contributed by atoms with E-state index < -0.39 is 0 Å². The normalized spacial score (nSPS) is 13.6. The first-order valence-corrected chi connectivity index (χ1v) is 8.93. The topological polar surface area (TPSA) is 79.6 Å². The quantitative estimate of drug-likeness (QED) is 0.545. The molecule has 0 spiro atoms. The van der Waals surface area contributed by atoms with Gasteiger partial charge in [-0.1, -0.05) is 24.3 Å². The van der Waals surface area contributed by atoms with Crippen molar-refractivity contribution in [1.29, 1.82) is 5.26 Å². The van der Waals surface area contributed by atoms with E-state index >= 15 is 0 Å². The summed E-state index contributed by atoms with van der Waals surface area (Å²) in [6.45, 7) is 0.617. The summed E-state index contributed by atoms with van der Waals surface area (Å²) < 4.78 is 10.6. The molecule has 0 unspecified atom stereocenters. The number of carbonyl (C=O) groups excluding carboxylic acids is 2. The number of anilines is 1. The zero-order valence-corrected chi connectivity index (χ0v) is 15.6. The third-order valence-electron chi connectivity index (χ3n) is 4.42. The van der Waals surface area contributed by atoms with Gasteiger partial charge in [0.15, 0.2) is 23.9 Å². The molecule has 6 nitrogen and oxygen atoms in total. The Morgan fingerprint density at radius 3 is 2.82 bits per heavy atom. The van der Waals surface area contributed by atoms with Gasteiger partial charge in [-0.25, -0.2) is 0 Å². The number of hydrogen-bond acceptors (Lipinski definition) is 5. The second kappa shape index (κ2) is 8.87. The molecule has 6 heteroatoms. The van der Waals surface area contributed by atoms with Crippen LogP contribution in [0.1, 0.15) is 28.8 Å². The number of carbonyl (C=O) groups is 2. The van der Waals surface area contributed by atoms with Crippen molar-refractivity contribution < 1.29 is 19.1 Å². The molecule has 0 radical (unpaired) electrons. The molecule has 2 aromatic carbocycles. The van der Waals surface area contributed by atoms with Crippen LogP contribution in [-0.2, 0) is 4.79 Å². The predicted molar refractivity (Wildman–Crippen MR) is 105 cm³/mol. The Morgan fingerprint density at radius 2 is 2.11 bits per heavy atom. The SMILES string of the molecule is COc1cc(/C=C\C(=O)c2cccc(N3CCCC3=O)c2)ccc1OCC#N. The van der Waals surface area contributed by atoms with Crippen molar-refractivity contribution in [3.05, 3.63) is 59.7 Å². The maximum absolute atomic E-state index is 12.5. The lowest BCUT2D eigenvalue weighted by Gasteiger charge is -2.16. The van der Waals surface area contributed by atoms with Crippen molar-refractivity contribution in [2.75, 3.05) is 25.2 Å². The van der Waals surface area contributed by atoms with Gasteiger partial charge in [-0.15, -0.1) is 0 Å². The average molecular weight is 376 g/mol. The van der Waals surface area contributed by atoms with Crippen LogP contribution < -0.4 is 14.4 Å². The summed E-state index contributed by atoms with van der Waals surface area (Å²) in [5.41, 5.74) is 2.04. The van der Waals surface area contributed by atoms with Crippen molar-refractivity contribution >= 4 is 23.5 Å². The smallest absolute Gasteiger partial charge is 0.227 e. The molecule has 0 aliphatic carbocycles. The number of hydrogen-bond donors (Lipinski definition) is 0. The van der Waals surface area contributed by atoms with Crippen LogP contribution >= 0.6 is 0 Å². The van der Waals surface area contributed by atoms with E-state index in [2.05, 4.69) is 0 Å². The van der Waals surface area contributed by atoms with Crippen LogP contribution in [0.3, 0.4) is 0 Å². The Labute approximate surface area is 163 Å². The Kier molecular flexibility index (Phi) is 6.07. The third-order valence-corrected chi connectivity index (χ3v) is 4.42. The average Bonchev–Trinajstić information content (AvgIpc) is 3.16. The van der Waals surface area contributed by atoms with Gasteiger partial charge in [0.1, 0.15) is 6.07 Å². The molecule has 28 heavy (non-hydrogen) atoms. The van der Waals surface area contributed by atoms with Crippen LogP contribution in [0.25, 0.3) is 6.08 Å². The summed E-state index contributed by atoms with van der Waals surface area (Å²) in [6.07, 6.45) is 4.56. The first kappa shape index (κ1) is 19.2. The Balaban J connectivity index is 1.75. The number of nitrogens with zero attached hydrogens (tertiary/aromatic N) is 2. The summed E-state index contributed by atoms with van der Waals surface area (Å²) in [5.74, 6) is 0.887. The fraction of sp³-hybridized carbons (Fsp3) is 0.227. The van der Waals surface area contributed by atoms with Gasteiger partial charge in [-0.2, -0.15) is 5.26 Å². The van der Waals surface area contributed by atoms with E-state index in [9.17, 15) is 9.59 Å². The first-order valence-electron chi connectivity index (χ1n) is 8.93. The molecular weight excluding hydrogens is 356 g/mol. The largest absolute Gasteiger partial charge is 0.493 e.